The van der Waals surface area contributed by atoms with Gasteiger partial charge in [0.15, 0.2) is 0 Å². The largest absolute Gasteiger partial charge is 0.392 e. The maximum atomic E-state index is 12.4. The number of unbranched alkanes of at least 4 members (excludes halogenated alkanes) is 1. The van der Waals surface area contributed by atoms with Crippen molar-refractivity contribution in [1.82, 2.24) is 4.90 Å². The first-order valence-corrected chi connectivity index (χ1v) is 12.8. The van der Waals surface area contributed by atoms with Gasteiger partial charge in [-0.2, -0.15) is 0 Å². The lowest BCUT2D eigenvalue weighted by Gasteiger charge is -2.21. The van der Waals surface area contributed by atoms with Crippen molar-refractivity contribution in [3.63, 3.8) is 0 Å². The zero-order valence-electron chi connectivity index (χ0n) is 20.7. The lowest BCUT2D eigenvalue weighted by molar-refractivity contribution is -0.131. The first-order chi connectivity index (χ1) is 15.4. The minimum absolute atomic E-state index is 0.0976. The van der Waals surface area contributed by atoms with Gasteiger partial charge in [0.05, 0.1) is 12.2 Å². The number of nitrogens with zero attached hydrogens (tertiary/aromatic N) is 1. The number of fused-ring (bicyclic) bond motifs is 1. The van der Waals surface area contributed by atoms with Crippen molar-refractivity contribution in [2.24, 2.45) is 23.7 Å². The van der Waals surface area contributed by atoms with Crippen molar-refractivity contribution in [2.75, 3.05) is 13.1 Å². The zero-order chi connectivity index (χ0) is 23.5. The van der Waals surface area contributed by atoms with E-state index in [9.17, 15) is 15.0 Å². The summed E-state index contributed by atoms with van der Waals surface area (Å²) in [6.45, 7) is 9.82. The van der Waals surface area contributed by atoms with Gasteiger partial charge < -0.3 is 15.1 Å². The SMILES string of the molecule is CC#CC[C@@H](C)[C@H](O)C=C[C@@H]1[C@H]2CC(=CCCCC(=O)N(CCC)CCC)C[C@H]2C[C@H]1O. The van der Waals surface area contributed by atoms with Crippen molar-refractivity contribution in [3.05, 3.63) is 23.8 Å². The van der Waals surface area contributed by atoms with E-state index in [0.717, 1.165) is 58.0 Å². The Labute approximate surface area is 196 Å². The molecule has 0 radical (unpaired) electrons. The Hall–Kier alpha value is -1.57. The van der Waals surface area contributed by atoms with Crippen molar-refractivity contribution in [2.45, 2.75) is 97.7 Å². The number of hydrogen-bond acceptors (Lipinski definition) is 3. The molecule has 2 aliphatic rings. The van der Waals surface area contributed by atoms with Gasteiger partial charge in [-0.05, 0) is 69.6 Å². The topological polar surface area (TPSA) is 60.8 Å². The average Bonchev–Trinajstić information content (AvgIpc) is 3.29. The molecule has 0 aliphatic heterocycles. The van der Waals surface area contributed by atoms with Crippen molar-refractivity contribution >= 4 is 5.91 Å². The van der Waals surface area contributed by atoms with E-state index in [4.69, 9.17) is 0 Å². The number of carbonyl (C=O) groups is 1. The Morgan fingerprint density at radius 2 is 1.97 bits per heavy atom. The summed E-state index contributed by atoms with van der Waals surface area (Å²) in [6, 6.07) is 0. The molecule has 0 unspecified atom stereocenters. The van der Waals surface area contributed by atoms with Crippen LogP contribution in [0.3, 0.4) is 0 Å². The molecule has 0 aromatic heterocycles. The molecule has 1 amide bonds. The normalized spacial score (nSPS) is 27.9. The minimum Gasteiger partial charge on any atom is -0.392 e. The fourth-order valence-electron chi connectivity index (χ4n) is 5.37. The maximum Gasteiger partial charge on any atom is 0.222 e. The summed E-state index contributed by atoms with van der Waals surface area (Å²) in [4.78, 5) is 14.4. The van der Waals surface area contributed by atoms with E-state index in [1.807, 2.05) is 24.8 Å². The number of hydrogen-bond donors (Lipinski definition) is 2. The summed E-state index contributed by atoms with van der Waals surface area (Å²) < 4.78 is 0. The Kier molecular flexibility index (Phi) is 11.6. The van der Waals surface area contributed by atoms with E-state index in [-0.39, 0.29) is 17.9 Å². The van der Waals surface area contributed by atoms with Crippen LogP contribution in [-0.2, 0) is 4.79 Å². The van der Waals surface area contributed by atoms with Gasteiger partial charge in [-0.1, -0.05) is 44.6 Å². The van der Waals surface area contributed by atoms with Crippen molar-refractivity contribution < 1.29 is 15.0 Å². The van der Waals surface area contributed by atoms with Crippen LogP contribution in [0.4, 0.5) is 0 Å². The van der Waals surface area contributed by atoms with E-state index >= 15 is 0 Å². The average molecular weight is 444 g/mol. The van der Waals surface area contributed by atoms with E-state index in [1.165, 1.54) is 5.57 Å². The number of aliphatic hydroxyl groups is 2. The van der Waals surface area contributed by atoms with Crippen LogP contribution in [0.5, 0.6) is 0 Å². The molecule has 0 aromatic rings. The fourth-order valence-corrected chi connectivity index (χ4v) is 5.37. The van der Waals surface area contributed by atoms with Gasteiger partial charge in [-0.25, -0.2) is 0 Å². The van der Waals surface area contributed by atoms with Crippen LogP contribution in [0, 0.1) is 35.5 Å². The van der Waals surface area contributed by atoms with Gasteiger partial charge >= 0.3 is 0 Å². The first kappa shape index (κ1) is 26.7. The summed E-state index contributed by atoms with van der Waals surface area (Å²) in [7, 11) is 0. The smallest absolute Gasteiger partial charge is 0.222 e. The quantitative estimate of drug-likeness (QED) is 0.250. The zero-order valence-corrected chi connectivity index (χ0v) is 20.7. The van der Waals surface area contributed by atoms with Gasteiger partial charge in [0.25, 0.3) is 0 Å². The molecule has 0 heterocycles. The van der Waals surface area contributed by atoms with Crippen molar-refractivity contribution in [3.8, 4) is 11.8 Å². The van der Waals surface area contributed by atoms with Crippen LogP contribution in [-0.4, -0.2) is 46.3 Å². The predicted molar refractivity (Wildman–Crippen MR) is 132 cm³/mol. The monoisotopic (exact) mass is 443 g/mol. The first-order valence-electron chi connectivity index (χ1n) is 12.8. The Morgan fingerprint density at radius 3 is 2.62 bits per heavy atom. The Morgan fingerprint density at radius 1 is 1.25 bits per heavy atom. The number of allylic oxidation sites excluding steroid dienone is 2. The summed E-state index contributed by atoms with van der Waals surface area (Å²) >= 11 is 0. The predicted octanol–water partition coefficient (Wildman–Crippen LogP) is 5.11. The van der Waals surface area contributed by atoms with E-state index in [1.54, 1.807) is 0 Å². The van der Waals surface area contributed by atoms with Gasteiger partial charge in [0, 0.05) is 31.8 Å². The van der Waals surface area contributed by atoms with E-state index in [2.05, 4.69) is 37.8 Å². The molecular weight excluding hydrogens is 398 g/mol. The third-order valence-electron chi connectivity index (χ3n) is 7.19. The molecule has 2 fully saturated rings. The molecule has 2 aliphatic carbocycles. The summed E-state index contributed by atoms with van der Waals surface area (Å²) in [5.41, 5.74) is 1.49. The molecule has 6 atom stereocenters. The molecular formula is C28H45NO3. The highest BCUT2D eigenvalue weighted by molar-refractivity contribution is 5.76. The molecule has 0 aromatic carbocycles. The lowest BCUT2D eigenvalue weighted by atomic mass is 9.89. The molecule has 180 valence electrons. The number of aliphatic hydroxyl groups excluding tert-OH is 2. The Balaban J connectivity index is 1.83. The molecule has 4 heteroatoms. The molecule has 4 nitrogen and oxygen atoms in total. The lowest BCUT2D eigenvalue weighted by Crippen LogP contribution is -2.32. The van der Waals surface area contributed by atoms with Gasteiger partial charge in [0.2, 0.25) is 5.91 Å². The molecule has 0 spiro atoms. The van der Waals surface area contributed by atoms with Crippen LogP contribution in [0.15, 0.2) is 23.8 Å². The summed E-state index contributed by atoms with van der Waals surface area (Å²) in [5.74, 6) is 7.44. The Bertz CT molecular complexity index is 695. The van der Waals surface area contributed by atoms with Gasteiger partial charge in [0.1, 0.15) is 0 Å². The van der Waals surface area contributed by atoms with E-state index < -0.39 is 6.10 Å². The molecule has 32 heavy (non-hydrogen) atoms. The number of rotatable bonds is 12. The molecule has 0 saturated heterocycles. The molecule has 0 bridgehead atoms. The number of carbonyl (C=O) groups excluding carboxylic acids is 1. The molecule has 2 N–H and O–H groups in total. The summed E-state index contributed by atoms with van der Waals surface area (Å²) in [6.07, 6.45) is 13.7. The van der Waals surface area contributed by atoms with Crippen LogP contribution < -0.4 is 0 Å². The third kappa shape index (κ3) is 7.78. The van der Waals surface area contributed by atoms with Gasteiger partial charge in [-0.15, -0.1) is 11.8 Å². The summed E-state index contributed by atoms with van der Waals surface area (Å²) in [5, 5.41) is 21.0. The third-order valence-corrected chi connectivity index (χ3v) is 7.19. The highest BCUT2D eigenvalue weighted by Gasteiger charge is 2.44. The van der Waals surface area contributed by atoms with E-state index in [0.29, 0.717) is 30.6 Å². The van der Waals surface area contributed by atoms with Crippen LogP contribution in [0.1, 0.15) is 85.5 Å². The minimum atomic E-state index is -0.518. The maximum absolute atomic E-state index is 12.4. The van der Waals surface area contributed by atoms with Crippen molar-refractivity contribution in [1.29, 1.82) is 0 Å². The van der Waals surface area contributed by atoms with Crippen LogP contribution in [0.2, 0.25) is 0 Å². The second-order valence-corrected chi connectivity index (χ2v) is 9.83. The van der Waals surface area contributed by atoms with Crippen LogP contribution in [0.25, 0.3) is 0 Å². The molecule has 2 rings (SSSR count). The number of amides is 1. The van der Waals surface area contributed by atoms with Gasteiger partial charge in [-0.3, -0.25) is 4.79 Å². The second kappa shape index (κ2) is 13.9. The van der Waals surface area contributed by atoms with Crippen LogP contribution >= 0.6 is 0 Å². The highest BCUT2D eigenvalue weighted by Crippen LogP contribution is 2.50. The standard InChI is InChI=1S/C28H45NO3/c1-5-8-11-21(4)26(30)15-14-24-25-19-22(18-23(25)20-27(24)31)12-9-10-13-28(32)29(16-6-2)17-7-3/h12,14-15,21,23-27,30-31H,6-7,9-11,13,16-20H2,1-4H3/t21-,23+,24-,25+,26-,27-/m1/s1. The second-order valence-electron chi connectivity index (χ2n) is 9.83. The fraction of sp³-hybridized carbons (Fsp3) is 0.750. The molecule has 2 saturated carbocycles. The highest BCUT2D eigenvalue weighted by atomic mass is 16.3.